The summed E-state index contributed by atoms with van der Waals surface area (Å²) in [5.41, 5.74) is -0.191. The van der Waals surface area contributed by atoms with Crippen molar-refractivity contribution in [2.45, 2.75) is 19.1 Å². The second-order valence-electron chi connectivity index (χ2n) is 3.63. The predicted molar refractivity (Wildman–Crippen MR) is 62.0 cm³/mol. The summed E-state index contributed by atoms with van der Waals surface area (Å²) >= 11 is 5.58. The average molecular weight is 276 g/mol. The fraction of sp³-hybridized carbons (Fsp3) is 0.273. The van der Waals surface area contributed by atoms with Crippen molar-refractivity contribution in [3.05, 3.63) is 34.6 Å². The van der Waals surface area contributed by atoms with Gasteiger partial charge in [0.25, 0.3) is 5.91 Å². The van der Waals surface area contributed by atoms with Crippen LogP contribution in [0, 0.1) is 5.82 Å². The molecular formula is C11H11ClFNO4. The lowest BCUT2D eigenvalue weighted by Crippen LogP contribution is -2.47. The first-order valence-electron chi connectivity index (χ1n) is 5.00. The van der Waals surface area contributed by atoms with Gasteiger partial charge in [0.05, 0.1) is 16.7 Å². The number of nitrogens with one attached hydrogen (secondary N) is 1. The van der Waals surface area contributed by atoms with Crippen LogP contribution in [0.1, 0.15) is 17.3 Å². The molecule has 0 saturated heterocycles. The Kier molecular flexibility index (Phi) is 4.63. The predicted octanol–water partition coefficient (Wildman–Crippen LogP) is 1.04. The number of amides is 1. The summed E-state index contributed by atoms with van der Waals surface area (Å²) < 4.78 is 13.1. The Hall–Kier alpha value is -1.66. The monoisotopic (exact) mass is 275 g/mol. The SMILES string of the molecule is C[C@@H](O)[C@H](NC(=O)c1cccc(F)c1Cl)C(=O)O. The van der Waals surface area contributed by atoms with Gasteiger partial charge in [0.1, 0.15) is 5.82 Å². The quantitative estimate of drug-likeness (QED) is 0.766. The van der Waals surface area contributed by atoms with Crippen LogP contribution in [0.4, 0.5) is 4.39 Å². The zero-order chi connectivity index (χ0) is 13.9. The molecule has 0 aliphatic rings. The third-order valence-corrected chi connectivity index (χ3v) is 2.62. The summed E-state index contributed by atoms with van der Waals surface area (Å²) in [7, 11) is 0. The maximum Gasteiger partial charge on any atom is 0.328 e. The van der Waals surface area contributed by atoms with Gasteiger partial charge in [0.2, 0.25) is 0 Å². The van der Waals surface area contributed by atoms with Crippen LogP contribution in [0.25, 0.3) is 0 Å². The van der Waals surface area contributed by atoms with Crippen LogP contribution in [0.3, 0.4) is 0 Å². The minimum Gasteiger partial charge on any atom is -0.480 e. The summed E-state index contributed by atoms with van der Waals surface area (Å²) in [6, 6.07) is 2.11. The van der Waals surface area contributed by atoms with E-state index < -0.39 is 34.9 Å². The van der Waals surface area contributed by atoms with E-state index >= 15 is 0 Å². The van der Waals surface area contributed by atoms with Crippen molar-refractivity contribution in [3.63, 3.8) is 0 Å². The highest BCUT2D eigenvalue weighted by molar-refractivity contribution is 6.34. The van der Waals surface area contributed by atoms with Gasteiger partial charge in [-0.25, -0.2) is 9.18 Å². The molecule has 2 atom stereocenters. The molecule has 1 aromatic rings. The molecule has 98 valence electrons. The minimum absolute atomic E-state index is 0.191. The smallest absolute Gasteiger partial charge is 0.328 e. The zero-order valence-corrected chi connectivity index (χ0v) is 10.1. The fourth-order valence-electron chi connectivity index (χ4n) is 1.29. The lowest BCUT2D eigenvalue weighted by molar-refractivity contribution is -0.141. The van der Waals surface area contributed by atoms with Gasteiger partial charge in [-0.1, -0.05) is 17.7 Å². The fourth-order valence-corrected chi connectivity index (χ4v) is 1.50. The van der Waals surface area contributed by atoms with Crippen molar-refractivity contribution in [2.75, 3.05) is 0 Å². The van der Waals surface area contributed by atoms with Crippen molar-refractivity contribution in [3.8, 4) is 0 Å². The van der Waals surface area contributed by atoms with Gasteiger partial charge >= 0.3 is 5.97 Å². The number of aliphatic hydroxyl groups is 1. The first kappa shape index (κ1) is 14.4. The minimum atomic E-state index is -1.49. The Morgan fingerprint density at radius 3 is 2.56 bits per heavy atom. The van der Waals surface area contributed by atoms with Gasteiger partial charge in [-0.05, 0) is 19.1 Å². The third-order valence-electron chi connectivity index (χ3n) is 2.23. The molecule has 0 unspecified atom stereocenters. The molecule has 18 heavy (non-hydrogen) atoms. The Balaban J connectivity index is 2.94. The number of aliphatic hydroxyl groups excluding tert-OH is 1. The second kappa shape index (κ2) is 5.79. The first-order valence-corrected chi connectivity index (χ1v) is 5.38. The molecule has 3 N–H and O–H groups in total. The van der Waals surface area contributed by atoms with Crippen molar-refractivity contribution in [1.82, 2.24) is 5.32 Å². The molecule has 0 aliphatic carbocycles. The first-order chi connectivity index (χ1) is 8.34. The van der Waals surface area contributed by atoms with Gasteiger partial charge in [-0.3, -0.25) is 4.79 Å². The molecule has 5 nitrogen and oxygen atoms in total. The summed E-state index contributed by atoms with van der Waals surface area (Å²) in [6.45, 7) is 1.21. The maximum absolute atomic E-state index is 13.1. The van der Waals surface area contributed by atoms with Crippen LogP contribution in [0.5, 0.6) is 0 Å². The number of halogens is 2. The number of carbonyl (C=O) groups excluding carboxylic acids is 1. The second-order valence-corrected chi connectivity index (χ2v) is 4.01. The number of hydrogen-bond donors (Lipinski definition) is 3. The Bertz CT molecular complexity index is 478. The van der Waals surface area contributed by atoms with Crippen LogP contribution in [-0.4, -0.2) is 34.2 Å². The molecule has 7 heteroatoms. The van der Waals surface area contributed by atoms with Crippen LogP contribution in [-0.2, 0) is 4.79 Å². The van der Waals surface area contributed by atoms with Crippen molar-refractivity contribution in [2.24, 2.45) is 0 Å². The Morgan fingerprint density at radius 2 is 2.06 bits per heavy atom. The molecule has 0 fully saturated rings. The molecule has 0 aromatic heterocycles. The Morgan fingerprint density at radius 1 is 1.44 bits per heavy atom. The zero-order valence-electron chi connectivity index (χ0n) is 9.35. The van der Waals surface area contributed by atoms with Gasteiger partial charge in [-0.15, -0.1) is 0 Å². The molecular weight excluding hydrogens is 265 g/mol. The average Bonchev–Trinajstić information content (AvgIpc) is 2.28. The largest absolute Gasteiger partial charge is 0.480 e. The van der Waals surface area contributed by atoms with Gasteiger partial charge in [0.15, 0.2) is 6.04 Å². The molecule has 1 rings (SSSR count). The number of carboxylic acids is 1. The number of benzene rings is 1. The van der Waals surface area contributed by atoms with E-state index in [1.54, 1.807) is 0 Å². The van der Waals surface area contributed by atoms with E-state index in [1.807, 2.05) is 0 Å². The highest BCUT2D eigenvalue weighted by Gasteiger charge is 2.26. The van der Waals surface area contributed by atoms with Crippen LogP contribution in [0.2, 0.25) is 5.02 Å². The van der Waals surface area contributed by atoms with E-state index in [2.05, 4.69) is 5.32 Å². The van der Waals surface area contributed by atoms with Crippen molar-refractivity contribution in [1.29, 1.82) is 0 Å². The van der Waals surface area contributed by atoms with E-state index in [0.29, 0.717) is 0 Å². The number of hydrogen-bond acceptors (Lipinski definition) is 3. The van der Waals surface area contributed by atoms with Crippen LogP contribution in [0.15, 0.2) is 18.2 Å². The van der Waals surface area contributed by atoms with Crippen LogP contribution < -0.4 is 5.32 Å². The van der Waals surface area contributed by atoms with Crippen molar-refractivity contribution >= 4 is 23.5 Å². The van der Waals surface area contributed by atoms with Gasteiger partial charge < -0.3 is 15.5 Å². The number of aliphatic carboxylic acids is 1. The van der Waals surface area contributed by atoms with Crippen LogP contribution >= 0.6 is 11.6 Å². The van der Waals surface area contributed by atoms with E-state index in [4.69, 9.17) is 16.7 Å². The van der Waals surface area contributed by atoms with E-state index in [1.165, 1.54) is 19.1 Å². The maximum atomic E-state index is 13.1. The topological polar surface area (TPSA) is 86.6 Å². The summed E-state index contributed by atoms with van der Waals surface area (Å²) in [4.78, 5) is 22.5. The molecule has 0 spiro atoms. The molecule has 0 aliphatic heterocycles. The standard InChI is InChI=1S/C11H11ClFNO4/c1-5(15)9(11(17)18)14-10(16)6-3-2-4-7(13)8(6)12/h2-5,9,15H,1H3,(H,14,16)(H,17,18)/t5-,9+/m1/s1. The summed E-state index contributed by atoms with van der Waals surface area (Å²) in [5.74, 6) is -3.05. The lowest BCUT2D eigenvalue weighted by Gasteiger charge is -2.17. The summed E-state index contributed by atoms with van der Waals surface area (Å²) in [6.07, 6.45) is -1.29. The van der Waals surface area contributed by atoms with E-state index in [-0.39, 0.29) is 5.56 Å². The molecule has 0 bridgehead atoms. The van der Waals surface area contributed by atoms with Gasteiger partial charge in [0, 0.05) is 0 Å². The number of rotatable bonds is 4. The normalized spacial score (nSPS) is 13.8. The summed E-state index contributed by atoms with van der Waals surface area (Å²) in [5, 5.41) is 19.6. The van der Waals surface area contributed by atoms with E-state index in [9.17, 15) is 19.1 Å². The van der Waals surface area contributed by atoms with Gasteiger partial charge in [-0.2, -0.15) is 0 Å². The van der Waals surface area contributed by atoms with Crippen molar-refractivity contribution < 1.29 is 24.2 Å². The lowest BCUT2D eigenvalue weighted by atomic mass is 10.1. The number of carboxylic acid groups (broad SMARTS) is 1. The van der Waals surface area contributed by atoms with E-state index in [0.717, 1.165) is 6.07 Å². The molecule has 0 saturated carbocycles. The highest BCUT2D eigenvalue weighted by Crippen LogP contribution is 2.19. The third kappa shape index (κ3) is 3.18. The molecule has 0 radical (unpaired) electrons. The molecule has 0 heterocycles. The molecule has 1 amide bonds. The number of carbonyl (C=O) groups is 2. The Labute approximate surface area is 107 Å². The molecule has 1 aromatic carbocycles. The highest BCUT2D eigenvalue weighted by atomic mass is 35.5.